The Bertz CT molecular complexity index is 436. The van der Waals surface area contributed by atoms with Gasteiger partial charge in [-0.15, -0.1) is 0 Å². The zero-order valence-electron chi connectivity index (χ0n) is 10.5. The minimum Gasteiger partial charge on any atom is -0.508 e. The Labute approximate surface area is 116 Å². The molecule has 0 aromatic heterocycles. The largest absolute Gasteiger partial charge is 0.508 e. The molecule has 0 aliphatic carbocycles. The Morgan fingerprint density at radius 2 is 2.33 bits per heavy atom. The molecule has 1 heterocycles. The van der Waals surface area contributed by atoms with Gasteiger partial charge >= 0.3 is 0 Å². The van der Waals surface area contributed by atoms with E-state index in [2.05, 4.69) is 22.9 Å². The molecule has 0 radical (unpaired) electrons. The van der Waals surface area contributed by atoms with E-state index in [9.17, 15) is 9.90 Å². The minimum atomic E-state index is 0.136. The summed E-state index contributed by atoms with van der Waals surface area (Å²) in [6.07, 6.45) is 1.41. The van der Waals surface area contributed by atoms with Crippen molar-refractivity contribution in [3.05, 3.63) is 29.8 Å². The second-order valence-corrected chi connectivity index (χ2v) is 6.14. The number of hydrogen-bond acceptors (Lipinski definition) is 2. The predicted octanol–water partition coefficient (Wildman–Crippen LogP) is 2.57. The number of hydrogen-bond donors (Lipinski definition) is 1. The average Bonchev–Trinajstić information content (AvgIpc) is 2.32. The van der Waals surface area contributed by atoms with Crippen molar-refractivity contribution in [3.8, 4) is 5.75 Å². The fraction of sp³-hybridized carbons (Fsp3) is 0.500. The Kier molecular flexibility index (Phi) is 4.27. The van der Waals surface area contributed by atoms with Crippen molar-refractivity contribution in [1.29, 1.82) is 0 Å². The van der Waals surface area contributed by atoms with Crippen LogP contribution in [0, 0.1) is 5.92 Å². The normalized spacial score (nSPS) is 24.0. The van der Waals surface area contributed by atoms with Gasteiger partial charge in [-0.25, -0.2) is 0 Å². The molecular formula is C14H18BrNO2. The van der Waals surface area contributed by atoms with Gasteiger partial charge in [0.25, 0.3) is 0 Å². The molecule has 2 atom stereocenters. The Morgan fingerprint density at radius 1 is 1.56 bits per heavy atom. The number of benzene rings is 1. The number of alkyl halides is 1. The zero-order chi connectivity index (χ0) is 13.1. The molecule has 0 bridgehead atoms. The van der Waals surface area contributed by atoms with E-state index in [4.69, 9.17) is 0 Å². The summed E-state index contributed by atoms with van der Waals surface area (Å²) in [5.41, 5.74) is 0.866. The first-order chi connectivity index (χ1) is 8.56. The van der Waals surface area contributed by atoms with Crippen LogP contribution in [0.25, 0.3) is 0 Å². The van der Waals surface area contributed by atoms with Crippen molar-refractivity contribution in [2.45, 2.75) is 24.6 Å². The van der Waals surface area contributed by atoms with Crippen LogP contribution in [0.1, 0.15) is 18.9 Å². The molecule has 1 aromatic carbocycles. The maximum Gasteiger partial charge on any atom is 0.227 e. The first-order valence-corrected chi connectivity index (χ1v) is 7.17. The Hall–Kier alpha value is -1.03. The van der Waals surface area contributed by atoms with E-state index in [1.165, 1.54) is 0 Å². The van der Waals surface area contributed by atoms with Gasteiger partial charge in [-0.1, -0.05) is 35.0 Å². The fourth-order valence-electron chi connectivity index (χ4n) is 2.20. The number of nitrogens with zero attached hydrogens (tertiary/aromatic N) is 1. The lowest BCUT2D eigenvalue weighted by molar-refractivity contribution is -0.131. The van der Waals surface area contributed by atoms with Gasteiger partial charge in [0, 0.05) is 17.9 Å². The second-order valence-electron chi connectivity index (χ2n) is 4.97. The lowest BCUT2D eigenvalue weighted by atomic mass is 9.98. The highest BCUT2D eigenvalue weighted by molar-refractivity contribution is 9.09. The van der Waals surface area contributed by atoms with Gasteiger partial charge in [0.15, 0.2) is 0 Å². The van der Waals surface area contributed by atoms with E-state index in [0.717, 1.165) is 25.1 Å². The second kappa shape index (κ2) is 5.74. The number of carbonyl (C=O) groups excluding carboxylic acids is 1. The van der Waals surface area contributed by atoms with Crippen LogP contribution in [0.3, 0.4) is 0 Å². The molecule has 1 saturated heterocycles. The molecule has 98 valence electrons. The van der Waals surface area contributed by atoms with Crippen LogP contribution >= 0.6 is 15.9 Å². The number of likely N-dealkylation sites (tertiary alicyclic amines) is 1. The van der Waals surface area contributed by atoms with E-state index < -0.39 is 0 Å². The zero-order valence-corrected chi connectivity index (χ0v) is 12.1. The third-order valence-electron chi connectivity index (χ3n) is 3.49. The summed E-state index contributed by atoms with van der Waals surface area (Å²) in [7, 11) is 0. The maximum atomic E-state index is 12.2. The molecule has 1 amide bonds. The van der Waals surface area contributed by atoms with E-state index in [-0.39, 0.29) is 11.7 Å². The van der Waals surface area contributed by atoms with Crippen LogP contribution in [-0.2, 0) is 11.2 Å². The van der Waals surface area contributed by atoms with Gasteiger partial charge < -0.3 is 10.0 Å². The molecular weight excluding hydrogens is 294 g/mol. The summed E-state index contributed by atoms with van der Waals surface area (Å²) < 4.78 is 0. The van der Waals surface area contributed by atoms with Crippen LogP contribution in [0.5, 0.6) is 5.75 Å². The minimum absolute atomic E-state index is 0.136. The first-order valence-electron chi connectivity index (χ1n) is 6.26. The Balaban J connectivity index is 1.96. The van der Waals surface area contributed by atoms with Crippen molar-refractivity contribution in [3.63, 3.8) is 0 Å². The number of phenols is 1. The molecule has 1 N–H and O–H groups in total. The van der Waals surface area contributed by atoms with Crippen LogP contribution < -0.4 is 0 Å². The van der Waals surface area contributed by atoms with Crippen LogP contribution in [-0.4, -0.2) is 33.8 Å². The van der Waals surface area contributed by atoms with Crippen molar-refractivity contribution in [1.82, 2.24) is 4.90 Å². The molecule has 2 unspecified atom stereocenters. The van der Waals surface area contributed by atoms with Gasteiger partial charge in [0.05, 0.1) is 6.42 Å². The van der Waals surface area contributed by atoms with Gasteiger partial charge in [-0.3, -0.25) is 4.79 Å². The van der Waals surface area contributed by atoms with E-state index in [1.807, 2.05) is 11.0 Å². The van der Waals surface area contributed by atoms with E-state index in [0.29, 0.717) is 17.2 Å². The molecule has 3 nitrogen and oxygen atoms in total. The molecule has 18 heavy (non-hydrogen) atoms. The van der Waals surface area contributed by atoms with Crippen molar-refractivity contribution < 1.29 is 9.90 Å². The number of amides is 1. The number of carbonyl (C=O) groups is 1. The first kappa shape index (κ1) is 13.4. The Morgan fingerprint density at radius 3 is 3.00 bits per heavy atom. The SMILES string of the molecule is CC1CCN(C(=O)Cc2cccc(O)c2)CC1Br. The van der Waals surface area contributed by atoms with Crippen molar-refractivity contribution in [2.24, 2.45) is 5.92 Å². The summed E-state index contributed by atoms with van der Waals surface area (Å²) in [5, 5.41) is 9.38. The smallest absolute Gasteiger partial charge is 0.227 e. The molecule has 1 aromatic rings. The summed E-state index contributed by atoms with van der Waals surface area (Å²) in [5.74, 6) is 0.970. The predicted molar refractivity (Wildman–Crippen MR) is 74.9 cm³/mol. The quantitative estimate of drug-likeness (QED) is 0.853. The number of rotatable bonds is 2. The third-order valence-corrected chi connectivity index (χ3v) is 4.68. The van der Waals surface area contributed by atoms with Crippen LogP contribution in [0.2, 0.25) is 0 Å². The van der Waals surface area contributed by atoms with Gasteiger partial charge in [0.2, 0.25) is 5.91 Å². The van der Waals surface area contributed by atoms with Crippen molar-refractivity contribution >= 4 is 21.8 Å². The molecule has 2 rings (SSSR count). The summed E-state index contributed by atoms with van der Waals surface area (Å²) in [4.78, 5) is 14.4. The monoisotopic (exact) mass is 311 g/mol. The topological polar surface area (TPSA) is 40.5 Å². The van der Waals surface area contributed by atoms with Gasteiger partial charge in [0.1, 0.15) is 5.75 Å². The van der Waals surface area contributed by atoms with Gasteiger partial charge in [-0.2, -0.15) is 0 Å². The maximum absolute atomic E-state index is 12.2. The van der Waals surface area contributed by atoms with Crippen LogP contribution in [0.4, 0.5) is 0 Å². The molecule has 0 saturated carbocycles. The lowest BCUT2D eigenvalue weighted by Crippen LogP contribution is -2.44. The molecule has 1 aliphatic heterocycles. The molecule has 1 aliphatic rings. The molecule has 1 fully saturated rings. The van der Waals surface area contributed by atoms with Crippen molar-refractivity contribution in [2.75, 3.05) is 13.1 Å². The average molecular weight is 312 g/mol. The van der Waals surface area contributed by atoms with Crippen LogP contribution in [0.15, 0.2) is 24.3 Å². The fourth-order valence-corrected chi connectivity index (χ4v) is 2.82. The summed E-state index contributed by atoms with van der Waals surface area (Å²) in [6, 6.07) is 6.90. The summed E-state index contributed by atoms with van der Waals surface area (Å²) >= 11 is 3.63. The number of phenolic OH excluding ortho intramolecular Hbond substituents is 1. The third kappa shape index (κ3) is 3.25. The number of aromatic hydroxyl groups is 1. The van der Waals surface area contributed by atoms with E-state index >= 15 is 0 Å². The number of piperidine rings is 1. The van der Waals surface area contributed by atoms with Gasteiger partial charge in [-0.05, 0) is 30.0 Å². The highest BCUT2D eigenvalue weighted by atomic mass is 79.9. The highest BCUT2D eigenvalue weighted by Gasteiger charge is 2.26. The molecule has 4 heteroatoms. The molecule has 0 spiro atoms. The van der Waals surface area contributed by atoms with E-state index in [1.54, 1.807) is 18.2 Å². The lowest BCUT2D eigenvalue weighted by Gasteiger charge is -2.34. The summed E-state index contributed by atoms with van der Waals surface area (Å²) in [6.45, 7) is 3.82. The highest BCUT2D eigenvalue weighted by Crippen LogP contribution is 2.24. The standard InChI is InChI=1S/C14H18BrNO2/c1-10-5-6-16(9-13(10)15)14(18)8-11-3-2-4-12(17)7-11/h2-4,7,10,13,17H,5-6,8-9H2,1H3. The number of halogens is 1.